The van der Waals surface area contributed by atoms with Crippen LogP contribution in [0.1, 0.15) is 0 Å². The van der Waals surface area contributed by atoms with Crippen LogP contribution in [0.15, 0.2) is 155 Å². The number of nitro groups is 2. The molecule has 0 aliphatic carbocycles. The number of azo groups is 2. The fourth-order valence-corrected chi connectivity index (χ4v) is 3.29. The first kappa shape index (κ1) is 36.7. The van der Waals surface area contributed by atoms with E-state index in [0.717, 1.165) is 47.0 Å². The number of rotatable bonds is 6. The summed E-state index contributed by atoms with van der Waals surface area (Å²) >= 11 is 0. The smallest absolute Gasteiger partial charge is 0.351 e. The van der Waals surface area contributed by atoms with Gasteiger partial charge in [-0.1, -0.05) is 12.1 Å². The quantitative estimate of drug-likeness (QED) is 0.0746. The lowest BCUT2D eigenvalue weighted by molar-refractivity contribution is -0.387. The molecule has 0 radical (unpaired) electrons. The number of hydrogen-bond acceptors (Lipinski definition) is 16. The number of phenolic OH excluding ortho intramolecular Hbond substituents is 4. The molecule has 4 aromatic heterocycles. The van der Waals surface area contributed by atoms with Crippen LogP contribution in [0.2, 0.25) is 0 Å². The number of nitro benzene ring substituents is 2. The van der Waals surface area contributed by atoms with Crippen LogP contribution in [0, 0.1) is 20.2 Å². The number of aromatic nitrogens is 4. The third-order valence-electron chi connectivity index (χ3n) is 5.56. The zero-order valence-corrected chi connectivity index (χ0v) is 25.6. The Morgan fingerprint density at radius 3 is 0.760 bits per heavy atom. The van der Waals surface area contributed by atoms with Crippen LogP contribution < -0.4 is 0 Å². The highest BCUT2D eigenvalue weighted by Crippen LogP contribution is 2.34. The van der Waals surface area contributed by atoms with Gasteiger partial charge in [0.15, 0.2) is 23.0 Å². The molecule has 4 N–H and O–H groups in total. The molecule has 0 fully saturated rings. The number of nitrogens with zero attached hydrogens (tertiary/aromatic N) is 10. The van der Waals surface area contributed by atoms with E-state index in [9.17, 15) is 20.2 Å². The number of benzene rings is 2. The molecule has 6 aromatic rings. The van der Waals surface area contributed by atoms with Gasteiger partial charge >= 0.3 is 11.4 Å². The lowest BCUT2D eigenvalue weighted by atomic mass is 10.3. The topological polar surface area (TPSA) is 268 Å². The van der Waals surface area contributed by atoms with Gasteiger partial charge in [-0.15, -0.1) is 0 Å². The second-order valence-electron chi connectivity index (χ2n) is 9.03. The number of hydrogen-bond donors (Lipinski definition) is 4. The predicted octanol–water partition coefficient (Wildman–Crippen LogP) is 7.80. The maximum absolute atomic E-state index is 10.1. The number of phenols is 4. The van der Waals surface area contributed by atoms with Crippen molar-refractivity contribution in [2.45, 2.75) is 0 Å². The van der Waals surface area contributed by atoms with Crippen LogP contribution in [-0.4, -0.2) is 50.2 Å². The minimum absolute atomic E-state index is 0.532. The van der Waals surface area contributed by atoms with Gasteiger partial charge in [0.2, 0.25) is 0 Å². The van der Waals surface area contributed by atoms with Crippen molar-refractivity contribution in [1.82, 2.24) is 19.9 Å². The van der Waals surface area contributed by atoms with Crippen LogP contribution in [0.4, 0.5) is 34.1 Å². The first-order valence-corrected chi connectivity index (χ1v) is 13.9. The van der Waals surface area contributed by atoms with E-state index in [4.69, 9.17) is 20.4 Å². The van der Waals surface area contributed by atoms with Crippen molar-refractivity contribution >= 4 is 34.1 Å². The van der Waals surface area contributed by atoms with Gasteiger partial charge in [-0.05, 0) is 72.8 Å². The van der Waals surface area contributed by atoms with Crippen LogP contribution in [-0.2, 0) is 0 Å². The van der Waals surface area contributed by atoms with Gasteiger partial charge in [-0.2, -0.15) is 20.5 Å². The van der Waals surface area contributed by atoms with Crippen LogP contribution >= 0.6 is 0 Å². The maximum atomic E-state index is 10.1. The molecule has 0 unspecified atom stereocenters. The largest absolute Gasteiger partial charge is 0.502 e. The zero-order chi connectivity index (χ0) is 36.1. The molecule has 6 rings (SSSR count). The highest BCUT2D eigenvalue weighted by molar-refractivity contribution is 5.56. The summed E-state index contributed by atoms with van der Waals surface area (Å²) < 4.78 is 0. The summed E-state index contributed by atoms with van der Waals surface area (Å²) in [6.07, 6.45) is 13.5. The van der Waals surface area contributed by atoms with Gasteiger partial charge in [0.25, 0.3) is 0 Å². The molecule has 0 bridgehead atoms. The monoisotopic (exact) mass is 678 g/mol. The third kappa shape index (κ3) is 12.6. The highest BCUT2D eigenvalue weighted by Gasteiger charge is 2.18. The average Bonchev–Trinajstić information content (AvgIpc) is 3.12. The minimum Gasteiger partial charge on any atom is -0.502 e. The molecule has 0 saturated carbocycles. The molecule has 0 atom stereocenters. The Morgan fingerprint density at radius 2 is 0.600 bits per heavy atom. The molecule has 0 spiro atoms. The van der Waals surface area contributed by atoms with E-state index in [2.05, 4.69) is 40.4 Å². The fraction of sp³-hybridized carbons (Fsp3) is 0. The molecule has 0 saturated heterocycles. The average molecular weight is 679 g/mol. The van der Waals surface area contributed by atoms with Gasteiger partial charge in [0, 0.05) is 49.6 Å². The van der Waals surface area contributed by atoms with Crippen molar-refractivity contribution in [3.05, 3.63) is 155 Å². The van der Waals surface area contributed by atoms with E-state index in [1.54, 1.807) is 98.1 Å². The van der Waals surface area contributed by atoms with E-state index < -0.39 is 44.2 Å². The summed E-state index contributed by atoms with van der Waals surface area (Å²) in [6, 6.07) is 21.6. The summed E-state index contributed by atoms with van der Waals surface area (Å²) in [5, 5.41) is 71.8. The number of pyridine rings is 4. The SMILES string of the molecule is O=[N+]([O-])c1c(O)cccc1O.O=[N+]([O-])c1c(O)cccc1O.c1cc(N=Nc2ccncc2)ccn1.c1cc(N=Nc2ccncc2)ccn1. The Balaban J connectivity index is 0.000000182. The van der Waals surface area contributed by atoms with Crippen LogP contribution in [0.3, 0.4) is 0 Å². The first-order valence-electron chi connectivity index (χ1n) is 13.9. The summed E-state index contributed by atoms with van der Waals surface area (Å²) in [5.41, 5.74) is 1.84. The molecule has 252 valence electrons. The van der Waals surface area contributed by atoms with Crippen molar-refractivity contribution in [1.29, 1.82) is 0 Å². The predicted molar refractivity (Wildman–Crippen MR) is 178 cm³/mol. The second-order valence-corrected chi connectivity index (χ2v) is 9.03. The Labute approximate surface area is 282 Å². The lowest BCUT2D eigenvalue weighted by Gasteiger charge is -1.96. The van der Waals surface area contributed by atoms with E-state index in [-0.39, 0.29) is 0 Å². The first-order chi connectivity index (χ1) is 24.2. The summed E-state index contributed by atoms with van der Waals surface area (Å²) in [6.45, 7) is 0. The number of aromatic hydroxyl groups is 4. The summed E-state index contributed by atoms with van der Waals surface area (Å²) in [7, 11) is 0. The minimum atomic E-state index is -0.843. The van der Waals surface area contributed by atoms with Crippen molar-refractivity contribution in [3.8, 4) is 23.0 Å². The molecule has 0 aliphatic rings. The lowest BCUT2D eigenvalue weighted by Crippen LogP contribution is -1.88. The summed E-state index contributed by atoms with van der Waals surface area (Å²) in [4.78, 5) is 34.1. The standard InChI is InChI=1S/2C10H8N4.2C6H5NO4/c2*1-5-11-6-2-9(1)13-14-10-3-7-12-8-4-10;2*8-4-2-1-3-5(9)6(4)7(10)11/h2*1-8H;2*1-3,8-9H. The molecule has 2 aromatic carbocycles. The van der Waals surface area contributed by atoms with Crippen molar-refractivity contribution < 1.29 is 30.3 Å². The zero-order valence-electron chi connectivity index (χ0n) is 25.6. The summed E-state index contributed by atoms with van der Waals surface area (Å²) in [5.74, 6) is -2.13. The van der Waals surface area contributed by atoms with Crippen molar-refractivity contribution in [2.24, 2.45) is 20.5 Å². The van der Waals surface area contributed by atoms with E-state index in [1.807, 2.05) is 0 Å². The third-order valence-corrected chi connectivity index (χ3v) is 5.56. The van der Waals surface area contributed by atoms with E-state index >= 15 is 0 Å². The molecule has 18 heteroatoms. The van der Waals surface area contributed by atoms with Gasteiger partial charge < -0.3 is 20.4 Å². The molecule has 18 nitrogen and oxygen atoms in total. The maximum Gasteiger partial charge on any atom is 0.351 e. The fourth-order valence-electron chi connectivity index (χ4n) is 3.29. The van der Waals surface area contributed by atoms with Crippen LogP contribution in [0.25, 0.3) is 0 Å². The van der Waals surface area contributed by atoms with Gasteiger partial charge in [0.05, 0.1) is 32.6 Å². The molecule has 4 heterocycles. The van der Waals surface area contributed by atoms with Crippen molar-refractivity contribution in [2.75, 3.05) is 0 Å². The van der Waals surface area contributed by atoms with E-state index in [0.29, 0.717) is 0 Å². The molecular formula is C32H26N10O8. The molecule has 50 heavy (non-hydrogen) atoms. The van der Waals surface area contributed by atoms with Crippen LogP contribution in [0.5, 0.6) is 23.0 Å². The molecule has 0 aliphatic heterocycles. The Hall–Kier alpha value is -7.76. The van der Waals surface area contributed by atoms with E-state index in [1.165, 1.54) is 12.1 Å². The number of para-hydroxylation sites is 2. The Morgan fingerprint density at radius 1 is 0.400 bits per heavy atom. The van der Waals surface area contributed by atoms with Gasteiger partial charge in [-0.25, -0.2) is 0 Å². The molecular weight excluding hydrogens is 652 g/mol. The Kier molecular flexibility index (Phi) is 14.5. The normalized spacial score (nSPS) is 10.1. The molecule has 0 amide bonds. The van der Waals surface area contributed by atoms with Gasteiger partial charge in [-0.3, -0.25) is 40.2 Å². The second kappa shape index (κ2) is 19.7. The van der Waals surface area contributed by atoms with Crippen molar-refractivity contribution in [3.63, 3.8) is 0 Å². The highest BCUT2D eigenvalue weighted by atomic mass is 16.6. The van der Waals surface area contributed by atoms with Gasteiger partial charge in [0.1, 0.15) is 0 Å². The Bertz CT molecular complexity index is 1740.